The summed E-state index contributed by atoms with van der Waals surface area (Å²) >= 11 is 0. The molecule has 4 nitrogen and oxygen atoms in total. The van der Waals surface area contributed by atoms with Crippen molar-refractivity contribution in [3.8, 4) is 0 Å². The Kier molecular flexibility index (Phi) is 5.49. The molecule has 0 saturated heterocycles. The smallest absolute Gasteiger partial charge is 0.380 e. The number of aromatic amines is 1. The molecule has 160 valence electrons. The second-order valence-electron chi connectivity index (χ2n) is 8.31. The fraction of sp³-hybridized carbons (Fsp3) is 0.364. The number of pyridine rings is 2. The standard InChI is InChI=1S/C22H22F4N2O2/c1-13-4-5-14(23)8-17(13)20(2,3)12-21(30,22(24,25)26)10-15-9-19(29)16-11-27-7-6-18(16)28-15/h4-9,11,30H,10,12H2,1-3H3,(H,28,29). The van der Waals surface area contributed by atoms with Gasteiger partial charge in [-0.05, 0) is 48.1 Å². The summed E-state index contributed by atoms with van der Waals surface area (Å²) in [7, 11) is 0. The molecule has 1 aromatic carbocycles. The van der Waals surface area contributed by atoms with Crippen LogP contribution in [0, 0.1) is 12.7 Å². The Labute approximate surface area is 170 Å². The predicted octanol–water partition coefficient (Wildman–Crippen LogP) is 4.57. The van der Waals surface area contributed by atoms with Crippen molar-refractivity contribution in [2.75, 3.05) is 0 Å². The Morgan fingerprint density at radius 3 is 2.50 bits per heavy atom. The van der Waals surface area contributed by atoms with Gasteiger partial charge in [-0.2, -0.15) is 13.2 Å². The maximum Gasteiger partial charge on any atom is 0.417 e. The van der Waals surface area contributed by atoms with E-state index in [9.17, 15) is 27.5 Å². The molecule has 0 spiro atoms. The monoisotopic (exact) mass is 422 g/mol. The number of benzene rings is 1. The molecule has 2 N–H and O–H groups in total. The SMILES string of the molecule is Cc1ccc(F)cc1C(C)(C)CC(O)(Cc1cc(=O)c2cnccc2[nH]1)C(F)(F)F. The molecule has 2 heterocycles. The van der Waals surface area contributed by atoms with Crippen LogP contribution in [0.3, 0.4) is 0 Å². The molecule has 0 fully saturated rings. The average molecular weight is 422 g/mol. The van der Waals surface area contributed by atoms with Gasteiger partial charge in [0.05, 0.1) is 10.9 Å². The summed E-state index contributed by atoms with van der Waals surface area (Å²) in [6.07, 6.45) is -3.81. The summed E-state index contributed by atoms with van der Waals surface area (Å²) in [5.74, 6) is -0.563. The highest BCUT2D eigenvalue weighted by atomic mass is 19.4. The van der Waals surface area contributed by atoms with E-state index in [1.807, 2.05) is 0 Å². The van der Waals surface area contributed by atoms with Crippen molar-refractivity contribution in [1.82, 2.24) is 9.97 Å². The lowest BCUT2D eigenvalue weighted by atomic mass is 9.72. The van der Waals surface area contributed by atoms with Crippen molar-refractivity contribution >= 4 is 10.9 Å². The van der Waals surface area contributed by atoms with Crippen LogP contribution in [0.25, 0.3) is 10.9 Å². The highest BCUT2D eigenvalue weighted by Crippen LogP contribution is 2.43. The van der Waals surface area contributed by atoms with Gasteiger partial charge >= 0.3 is 6.18 Å². The number of fused-ring (bicyclic) bond motifs is 1. The van der Waals surface area contributed by atoms with E-state index in [1.165, 1.54) is 50.5 Å². The van der Waals surface area contributed by atoms with E-state index in [4.69, 9.17) is 0 Å². The minimum Gasteiger partial charge on any atom is -0.380 e. The highest BCUT2D eigenvalue weighted by Gasteiger charge is 2.56. The lowest BCUT2D eigenvalue weighted by molar-refractivity contribution is -0.266. The van der Waals surface area contributed by atoms with Gasteiger partial charge in [0.15, 0.2) is 11.0 Å². The van der Waals surface area contributed by atoms with Crippen LogP contribution in [0.4, 0.5) is 17.6 Å². The van der Waals surface area contributed by atoms with Crippen LogP contribution < -0.4 is 5.43 Å². The lowest BCUT2D eigenvalue weighted by Crippen LogP contribution is -2.51. The van der Waals surface area contributed by atoms with Crippen LogP contribution in [0.2, 0.25) is 0 Å². The highest BCUT2D eigenvalue weighted by molar-refractivity contribution is 5.77. The molecule has 2 aromatic heterocycles. The van der Waals surface area contributed by atoms with Crippen LogP contribution in [-0.4, -0.2) is 26.9 Å². The Balaban J connectivity index is 2.03. The second kappa shape index (κ2) is 7.50. The number of aliphatic hydroxyl groups is 1. The molecule has 0 aliphatic rings. The van der Waals surface area contributed by atoms with E-state index in [1.54, 1.807) is 6.92 Å². The van der Waals surface area contributed by atoms with Crippen molar-refractivity contribution in [1.29, 1.82) is 0 Å². The van der Waals surface area contributed by atoms with E-state index in [-0.39, 0.29) is 11.1 Å². The van der Waals surface area contributed by atoms with Gasteiger partial charge in [0, 0.05) is 30.6 Å². The molecule has 0 aliphatic heterocycles. The van der Waals surface area contributed by atoms with Gasteiger partial charge in [0.2, 0.25) is 0 Å². The van der Waals surface area contributed by atoms with Gasteiger partial charge in [0.25, 0.3) is 0 Å². The molecule has 0 saturated carbocycles. The van der Waals surface area contributed by atoms with Crippen LogP contribution in [0.5, 0.6) is 0 Å². The third kappa shape index (κ3) is 4.23. The second-order valence-corrected chi connectivity index (χ2v) is 8.31. The quantitative estimate of drug-likeness (QED) is 0.592. The Hall–Kier alpha value is -2.74. The minimum absolute atomic E-state index is 0.0507. The molecule has 0 radical (unpaired) electrons. The van der Waals surface area contributed by atoms with E-state index in [2.05, 4.69) is 9.97 Å². The molecule has 30 heavy (non-hydrogen) atoms. The number of rotatable bonds is 5. The van der Waals surface area contributed by atoms with Gasteiger partial charge in [-0.15, -0.1) is 0 Å². The largest absolute Gasteiger partial charge is 0.417 e. The number of H-pyrrole nitrogens is 1. The summed E-state index contributed by atoms with van der Waals surface area (Å²) < 4.78 is 55.8. The number of nitrogens with zero attached hydrogens (tertiary/aromatic N) is 1. The Morgan fingerprint density at radius 1 is 1.13 bits per heavy atom. The van der Waals surface area contributed by atoms with Gasteiger partial charge in [-0.3, -0.25) is 9.78 Å². The lowest BCUT2D eigenvalue weighted by Gasteiger charge is -2.38. The summed E-state index contributed by atoms with van der Waals surface area (Å²) in [6.45, 7) is 4.73. The van der Waals surface area contributed by atoms with Crippen LogP contribution in [0.15, 0.2) is 47.5 Å². The van der Waals surface area contributed by atoms with Crippen LogP contribution >= 0.6 is 0 Å². The summed E-state index contributed by atoms with van der Waals surface area (Å²) in [4.78, 5) is 18.9. The fourth-order valence-corrected chi connectivity index (χ4v) is 3.97. The summed E-state index contributed by atoms with van der Waals surface area (Å²) in [6, 6.07) is 6.44. The summed E-state index contributed by atoms with van der Waals surface area (Å²) in [5, 5.41) is 11.0. The number of hydrogen-bond acceptors (Lipinski definition) is 3. The van der Waals surface area contributed by atoms with Gasteiger partial charge in [-0.1, -0.05) is 19.9 Å². The third-order valence-corrected chi connectivity index (χ3v) is 5.36. The number of aryl methyl sites for hydroxylation is 1. The minimum atomic E-state index is -4.98. The van der Waals surface area contributed by atoms with Gasteiger partial charge in [-0.25, -0.2) is 4.39 Å². The van der Waals surface area contributed by atoms with Gasteiger partial charge in [0.1, 0.15) is 5.82 Å². The maximum atomic E-state index is 14.0. The Bertz CT molecular complexity index is 1140. The van der Waals surface area contributed by atoms with Crippen LogP contribution in [-0.2, 0) is 11.8 Å². The number of aromatic nitrogens is 2. The van der Waals surface area contributed by atoms with E-state index in [0.717, 1.165) is 6.07 Å². The van der Waals surface area contributed by atoms with Crippen molar-refractivity contribution < 1.29 is 22.7 Å². The molecule has 0 bridgehead atoms. The van der Waals surface area contributed by atoms with Gasteiger partial charge < -0.3 is 10.1 Å². The first-order valence-electron chi connectivity index (χ1n) is 9.34. The first-order chi connectivity index (χ1) is 13.8. The fourth-order valence-electron chi connectivity index (χ4n) is 3.97. The zero-order chi connectivity index (χ0) is 22.3. The Morgan fingerprint density at radius 2 is 1.83 bits per heavy atom. The number of halogens is 4. The number of alkyl halides is 3. The zero-order valence-corrected chi connectivity index (χ0v) is 16.8. The average Bonchev–Trinajstić information content (AvgIpc) is 2.62. The molecule has 1 unspecified atom stereocenters. The predicted molar refractivity (Wildman–Crippen MR) is 106 cm³/mol. The molecule has 0 aliphatic carbocycles. The molecular formula is C22H22F4N2O2. The first kappa shape index (κ1) is 22.0. The normalized spacial score (nSPS) is 14.7. The van der Waals surface area contributed by atoms with E-state index >= 15 is 0 Å². The van der Waals surface area contributed by atoms with Crippen molar-refractivity contribution in [3.05, 3.63) is 75.6 Å². The third-order valence-electron chi connectivity index (χ3n) is 5.36. The number of nitrogens with one attached hydrogen (secondary N) is 1. The molecule has 0 amide bonds. The molecular weight excluding hydrogens is 400 g/mol. The summed E-state index contributed by atoms with van der Waals surface area (Å²) in [5.41, 5.74) is -3.55. The molecule has 1 atom stereocenters. The van der Waals surface area contributed by atoms with Crippen LogP contribution in [0.1, 0.15) is 37.1 Å². The topological polar surface area (TPSA) is 66.0 Å². The first-order valence-corrected chi connectivity index (χ1v) is 9.34. The van der Waals surface area contributed by atoms with E-state index in [0.29, 0.717) is 16.6 Å². The number of hydrogen-bond donors (Lipinski definition) is 2. The van der Waals surface area contributed by atoms with E-state index < -0.39 is 41.3 Å². The molecule has 3 rings (SSSR count). The molecule has 8 heteroatoms. The van der Waals surface area contributed by atoms with Crippen molar-refractivity contribution in [3.63, 3.8) is 0 Å². The van der Waals surface area contributed by atoms with Crippen molar-refractivity contribution in [2.24, 2.45) is 0 Å². The molecule has 3 aromatic rings. The zero-order valence-electron chi connectivity index (χ0n) is 16.8. The maximum absolute atomic E-state index is 14.0. The van der Waals surface area contributed by atoms with Crippen molar-refractivity contribution in [2.45, 2.75) is 50.8 Å².